The fourth-order valence-electron chi connectivity index (χ4n) is 3.84. The van der Waals surface area contributed by atoms with Crippen LogP contribution in [0.2, 0.25) is 0 Å². The zero-order valence-corrected chi connectivity index (χ0v) is 18.9. The summed E-state index contributed by atoms with van der Waals surface area (Å²) in [5.74, 6) is 1.71. The van der Waals surface area contributed by atoms with Crippen molar-refractivity contribution in [1.82, 2.24) is 10.2 Å². The molecule has 1 fully saturated rings. The van der Waals surface area contributed by atoms with Crippen molar-refractivity contribution in [1.29, 1.82) is 0 Å². The summed E-state index contributed by atoms with van der Waals surface area (Å²) in [7, 11) is 3.40. The predicted molar refractivity (Wildman–Crippen MR) is 122 cm³/mol. The summed E-state index contributed by atoms with van der Waals surface area (Å²) in [5.41, 5.74) is 1.94. The molecule has 0 spiro atoms. The lowest BCUT2D eigenvalue weighted by molar-refractivity contribution is -0.122. The molecule has 1 atom stereocenters. The maximum Gasteiger partial charge on any atom is 0.234 e. The van der Waals surface area contributed by atoms with Gasteiger partial charge in [-0.2, -0.15) is 0 Å². The third-order valence-electron chi connectivity index (χ3n) is 5.96. The Labute approximate surface area is 185 Å². The highest BCUT2D eigenvalue weighted by Gasteiger charge is 2.34. The molecular formula is C25H34N2O4. The Balaban J connectivity index is 1.46. The van der Waals surface area contributed by atoms with Gasteiger partial charge >= 0.3 is 0 Å². The van der Waals surface area contributed by atoms with Gasteiger partial charge in [-0.05, 0) is 62.6 Å². The monoisotopic (exact) mass is 426 g/mol. The summed E-state index contributed by atoms with van der Waals surface area (Å²) in [6, 6.07) is 15.8. The number of likely N-dealkylation sites (tertiary alicyclic amines) is 1. The summed E-state index contributed by atoms with van der Waals surface area (Å²) in [6.07, 6.45) is 2.72. The van der Waals surface area contributed by atoms with Crippen LogP contribution in [0.4, 0.5) is 0 Å². The van der Waals surface area contributed by atoms with Gasteiger partial charge in [0.1, 0.15) is 23.7 Å². The van der Waals surface area contributed by atoms with Crippen LogP contribution < -0.4 is 14.8 Å². The number of carbonyl (C=O) groups excluding carboxylic acids is 1. The van der Waals surface area contributed by atoms with E-state index in [2.05, 4.69) is 17.1 Å². The third-order valence-corrected chi connectivity index (χ3v) is 5.96. The Morgan fingerprint density at radius 2 is 1.71 bits per heavy atom. The van der Waals surface area contributed by atoms with E-state index in [9.17, 15) is 4.79 Å². The van der Waals surface area contributed by atoms with Gasteiger partial charge in [0.15, 0.2) is 0 Å². The minimum Gasteiger partial charge on any atom is -0.497 e. The third kappa shape index (κ3) is 6.97. The minimum atomic E-state index is -0.320. The van der Waals surface area contributed by atoms with E-state index in [4.69, 9.17) is 14.2 Å². The van der Waals surface area contributed by atoms with Crippen LogP contribution in [0.1, 0.15) is 30.4 Å². The molecule has 2 aromatic rings. The quantitative estimate of drug-likeness (QED) is 0.664. The van der Waals surface area contributed by atoms with Crippen LogP contribution in [0.5, 0.6) is 11.5 Å². The van der Waals surface area contributed by atoms with Crippen molar-refractivity contribution in [2.45, 2.75) is 38.3 Å². The van der Waals surface area contributed by atoms with E-state index in [1.54, 1.807) is 14.2 Å². The lowest BCUT2D eigenvalue weighted by atomic mass is 9.95. The van der Waals surface area contributed by atoms with E-state index in [-0.39, 0.29) is 11.5 Å². The average molecular weight is 427 g/mol. The van der Waals surface area contributed by atoms with E-state index in [0.29, 0.717) is 19.7 Å². The van der Waals surface area contributed by atoms with E-state index >= 15 is 0 Å². The summed E-state index contributed by atoms with van der Waals surface area (Å²) in [4.78, 5) is 14.7. The maximum atomic E-state index is 12.5. The normalized spacial score (nSPS) is 19.5. The molecule has 31 heavy (non-hydrogen) atoms. The summed E-state index contributed by atoms with van der Waals surface area (Å²) in [6.45, 7) is 5.18. The highest BCUT2D eigenvalue weighted by molar-refractivity contribution is 5.78. The minimum absolute atomic E-state index is 0.0386. The first-order valence-electron chi connectivity index (χ1n) is 10.9. The molecular weight excluding hydrogens is 392 g/mol. The number of carbonyl (C=O) groups is 1. The second kappa shape index (κ2) is 11.2. The number of nitrogens with one attached hydrogen (secondary N) is 1. The van der Waals surface area contributed by atoms with Crippen molar-refractivity contribution in [3.63, 3.8) is 0 Å². The summed E-state index contributed by atoms with van der Waals surface area (Å²) < 4.78 is 17.1. The summed E-state index contributed by atoms with van der Waals surface area (Å²) in [5, 5.41) is 3.01. The molecule has 1 amide bonds. The number of amides is 1. The van der Waals surface area contributed by atoms with Crippen molar-refractivity contribution in [3.8, 4) is 11.5 Å². The topological polar surface area (TPSA) is 60.0 Å². The number of hydrogen-bond donors (Lipinski definition) is 1. The van der Waals surface area contributed by atoms with Gasteiger partial charge in [-0.25, -0.2) is 0 Å². The first-order chi connectivity index (χ1) is 15.0. The van der Waals surface area contributed by atoms with Gasteiger partial charge in [0.25, 0.3) is 0 Å². The molecule has 1 aliphatic heterocycles. The van der Waals surface area contributed by atoms with Crippen LogP contribution >= 0.6 is 0 Å². The van der Waals surface area contributed by atoms with Crippen LogP contribution in [0.15, 0.2) is 48.5 Å². The van der Waals surface area contributed by atoms with Gasteiger partial charge in [-0.15, -0.1) is 0 Å². The molecule has 0 aliphatic carbocycles. The number of nitrogens with zero attached hydrogens (tertiary/aromatic N) is 1. The maximum absolute atomic E-state index is 12.5. The molecule has 2 aromatic carbocycles. The van der Waals surface area contributed by atoms with E-state index < -0.39 is 0 Å². The highest BCUT2D eigenvalue weighted by Crippen LogP contribution is 2.27. The Hall–Kier alpha value is -2.57. The van der Waals surface area contributed by atoms with Crippen LogP contribution in [0.3, 0.4) is 0 Å². The number of rotatable bonds is 9. The van der Waals surface area contributed by atoms with Crippen LogP contribution in [-0.4, -0.2) is 56.9 Å². The molecule has 0 saturated carbocycles. The van der Waals surface area contributed by atoms with Crippen molar-refractivity contribution in [3.05, 3.63) is 59.7 Å². The Morgan fingerprint density at radius 1 is 1.00 bits per heavy atom. The fraction of sp³-hybridized carbons (Fsp3) is 0.480. The zero-order valence-electron chi connectivity index (χ0n) is 18.9. The lowest BCUT2D eigenvalue weighted by Crippen LogP contribution is -2.41. The molecule has 1 N–H and O–H groups in total. The molecule has 0 bridgehead atoms. The Morgan fingerprint density at radius 3 is 2.39 bits per heavy atom. The Kier molecular flexibility index (Phi) is 8.32. The smallest absolute Gasteiger partial charge is 0.234 e. The van der Waals surface area contributed by atoms with E-state index in [0.717, 1.165) is 49.4 Å². The SMILES string of the molecule is COc1ccc(CNC(=O)CN2CCC[C@@](COc3ccc(C)cc3)(OC)CC2)cc1. The van der Waals surface area contributed by atoms with Crippen LogP contribution in [0, 0.1) is 6.92 Å². The van der Waals surface area contributed by atoms with Crippen molar-refractivity contribution < 1.29 is 19.0 Å². The number of ether oxygens (including phenoxy) is 3. The number of aryl methyl sites for hydroxylation is 1. The van der Waals surface area contributed by atoms with Gasteiger partial charge in [0, 0.05) is 20.2 Å². The van der Waals surface area contributed by atoms with Gasteiger partial charge in [0.05, 0.1) is 13.7 Å². The van der Waals surface area contributed by atoms with Crippen molar-refractivity contribution in [2.24, 2.45) is 0 Å². The van der Waals surface area contributed by atoms with Crippen molar-refractivity contribution in [2.75, 3.05) is 40.5 Å². The summed E-state index contributed by atoms with van der Waals surface area (Å²) >= 11 is 0. The van der Waals surface area contributed by atoms with Gasteiger partial charge in [-0.3, -0.25) is 9.69 Å². The second-order valence-electron chi connectivity index (χ2n) is 8.24. The molecule has 0 unspecified atom stereocenters. The second-order valence-corrected chi connectivity index (χ2v) is 8.24. The molecule has 1 aliphatic rings. The first-order valence-corrected chi connectivity index (χ1v) is 10.9. The largest absolute Gasteiger partial charge is 0.497 e. The van der Waals surface area contributed by atoms with Crippen molar-refractivity contribution >= 4 is 5.91 Å². The van der Waals surface area contributed by atoms with E-state index in [1.165, 1.54) is 5.56 Å². The molecule has 6 nitrogen and oxygen atoms in total. The average Bonchev–Trinajstić information content (AvgIpc) is 3.00. The first kappa shape index (κ1) is 23.1. The lowest BCUT2D eigenvalue weighted by Gasteiger charge is -2.31. The molecule has 168 valence electrons. The number of hydrogen-bond acceptors (Lipinski definition) is 5. The standard InChI is InChI=1S/C25H34N2O4/c1-20-5-9-23(10-6-20)31-19-25(30-3)13-4-15-27(16-14-25)18-24(28)26-17-21-7-11-22(29-2)12-8-21/h5-12H,4,13-19H2,1-3H3,(H,26,28)/t25-/m1/s1. The van der Waals surface area contributed by atoms with Gasteiger partial charge in [0.2, 0.25) is 5.91 Å². The molecule has 6 heteroatoms. The van der Waals surface area contributed by atoms with E-state index in [1.807, 2.05) is 48.5 Å². The Bertz CT molecular complexity index is 822. The molecule has 0 radical (unpaired) electrons. The number of benzene rings is 2. The molecule has 3 rings (SSSR count). The van der Waals surface area contributed by atoms with Gasteiger partial charge in [-0.1, -0.05) is 29.8 Å². The molecule has 1 saturated heterocycles. The van der Waals surface area contributed by atoms with Crippen LogP contribution in [-0.2, 0) is 16.1 Å². The predicted octanol–water partition coefficient (Wildman–Crippen LogP) is 3.57. The fourth-order valence-corrected chi connectivity index (χ4v) is 3.84. The molecule has 1 heterocycles. The van der Waals surface area contributed by atoms with Crippen LogP contribution in [0.25, 0.3) is 0 Å². The zero-order chi connectivity index (χ0) is 22.1. The highest BCUT2D eigenvalue weighted by atomic mass is 16.5. The molecule has 0 aromatic heterocycles. The number of methoxy groups -OCH3 is 2. The van der Waals surface area contributed by atoms with Gasteiger partial charge < -0.3 is 19.5 Å².